The Morgan fingerprint density at radius 1 is 1.14 bits per heavy atom. The first-order valence-electron chi connectivity index (χ1n) is 10.6. The van der Waals surface area contributed by atoms with E-state index in [1.165, 1.54) is 0 Å². The van der Waals surface area contributed by atoms with Gasteiger partial charge in [0.15, 0.2) is 5.69 Å². The highest BCUT2D eigenvalue weighted by molar-refractivity contribution is 7.91. The van der Waals surface area contributed by atoms with E-state index in [1.807, 2.05) is 18.6 Å². The number of hydrogen-bond donors (Lipinski definition) is 5. The third-order valence-electron chi connectivity index (χ3n) is 4.61. The second kappa shape index (κ2) is 12.0. The van der Waals surface area contributed by atoms with Gasteiger partial charge in [-0.25, -0.2) is 21.9 Å². The molecule has 5 N–H and O–H groups in total. The maximum Gasteiger partial charge on any atom is 0.309 e. The summed E-state index contributed by atoms with van der Waals surface area (Å²) in [5.41, 5.74) is -0.314. The van der Waals surface area contributed by atoms with Crippen molar-refractivity contribution in [1.82, 2.24) is 15.6 Å². The Morgan fingerprint density at radius 2 is 1.77 bits per heavy atom. The summed E-state index contributed by atoms with van der Waals surface area (Å²) in [5.74, 6) is -3.10. The number of carbonyl (C=O) groups is 2. The molecule has 2 aromatic rings. The van der Waals surface area contributed by atoms with Crippen molar-refractivity contribution in [3.63, 3.8) is 0 Å². The molecular formula is C21H28F2N4O7S. The number of carbonyl (C=O) groups excluding carboxylic acids is 2. The molecule has 1 aromatic heterocycles. The minimum atomic E-state index is -3.73. The number of aromatic nitrogens is 1. The lowest BCUT2D eigenvalue weighted by Gasteiger charge is -2.27. The van der Waals surface area contributed by atoms with E-state index in [9.17, 15) is 37.0 Å². The van der Waals surface area contributed by atoms with Crippen LogP contribution in [0.3, 0.4) is 0 Å². The fraction of sp³-hybridized carbons (Fsp3) is 0.476. The van der Waals surface area contributed by atoms with Gasteiger partial charge in [0.1, 0.15) is 24.0 Å². The van der Waals surface area contributed by atoms with E-state index in [-0.39, 0.29) is 23.6 Å². The average Bonchev–Trinajstić information content (AvgIpc) is 3.17. The van der Waals surface area contributed by atoms with Crippen molar-refractivity contribution in [1.29, 1.82) is 0 Å². The Hall–Kier alpha value is -3.10. The van der Waals surface area contributed by atoms with Crippen molar-refractivity contribution in [3.8, 4) is 0 Å². The Balaban J connectivity index is 2.21. The number of hydrogen-bond acceptors (Lipinski definition) is 8. The number of oxazole rings is 1. The molecular weight excluding hydrogens is 490 g/mol. The fourth-order valence-corrected chi connectivity index (χ4v) is 3.45. The number of sulfonamides is 1. The second-order valence-corrected chi connectivity index (χ2v) is 10.2. The highest BCUT2D eigenvalue weighted by Crippen LogP contribution is 2.16. The quantitative estimate of drug-likeness (QED) is 0.271. The summed E-state index contributed by atoms with van der Waals surface area (Å²) in [6, 6.07) is 0.818. The van der Waals surface area contributed by atoms with Crippen molar-refractivity contribution >= 4 is 27.9 Å². The summed E-state index contributed by atoms with van der Waals surface area (Å²) < 4.78 is 56.7. The molecule has 0 aliphatic heterocycles. The standard InChI is InChI=1S/C21H28F2N4O7S/c1-11(2)9-24-18(29)8-17(28)19(30)15(6-12-4-13(22)7-14(23)5-12)25-20(31)16-10-34-21(26-16)27-35(3,32)33/h4-5,7,10-11,15,17,19,28,30H,6,8-9H2,1-3H3,(H,24,29)(H,25,31)(H,26,27). The molecule has 1 heterocycles. The van der Waals surface area contributed by atoms with Crippen LogP contribution in [0.25, 0.3) is 0 Å². The van der Waals surface area contributed by atoms with Crippen LogP contribution in [-0.2, 0) is 21.2 Å². The maximum atomic E-state index is 13.7. The topological polar surface area (TPSA) is 171 Å². The van der Waals surface area contributed by atoms with E-state index in [2.05, 4.69) is 15.6 Å². The molecule has 0 saturated carbocycles. The van der Waals surface area contributed by atoms with Crippen LogP contribution in [0.1, 0.15) is 36.3 Å². The van der Waals surface area contributed by atoms with Crippen molar-refractivity contribution in [2.75, 3.05) is 17.5 Å². The number of aliphatic hydroxyl groups is 2. The predicted molar refractivity (Wildman–Crippen MR) is 121 cm³/mol. The first-order chi connectivity index (χ1) is 16.2. The number of halogens is 2. The Bertz CT molecular complexity index is 1120. The lowest BCUT2D eigenvalue weighted by atomic mass is 9.95. The van der Waals surface area contributed by atoms with E-state index in [0.717, 1.165) is 24.7 Å². The second-order valence-electron chi connectivity index (χ2n) is 8.43. The summed E-state index contributed by atoms with van der Waals surface area (Å²) in [6.07, 6.45) is -2.48. The third kappa shape index (κ3) is 9.58. The van der Waals surface area contributed by atoms with E-state index in [1.54, 1.807) is 0 Å². The summed E-state index contributed by atoms with van der Waals surface area (Å²) in [6.45, 7) is 4.09. The zero-order valence-corrected chi connectivity index (χ0v) is 20.1. The number of nitrogens with one attached hydrogen (secondary N) is 3. The van der Waals surface area contributed by atoms with E-state index in [0.29, 0.717) is 12.6 Å². The van der Waals surface area contributed by atoms with Crippen molar-refractivity contribution in [2.45, 2.75) is 44.9 Å². The molecule has 0 spiro atoms. The predicted octanol–water partition coefficient (Wildman–Crippen LogP) is 0.550. The Labute approximate surface area is 201 Å². The van der Waals surface area contributed by atoms with Crippen molar-refractivity contribution in [2.24, 2.45) is 5.92 Å². The summed E-state index contributed by atoms with van der Waals surface area (Å²) in [5, 5.41) is 26.1. The number of aliphatic hydroxyl groups excluding tert-OH is 2. The van der Waals surface area contributed by atoms with Crippen LogP contribution in [0.2, 0.25) is 0 Å². The number of anilines is 1. The van der Waals surface area contributed by atoms with Gasteiger partial charge in [0.2, 0.25) is 15.9 Å². The molecule has 11 nitrogen and oxygen atoms in total. The smallest absolute Gasteiger partial charge is 0.309 e. The van der Waals surface area contributed by atoms with Crippen LogP contribution in [0, 0.1) is 17.6 Å². The number of nitrogens with zero attached hydrogens (tertiary/aromatic N) is 1. The van der Waals surface area contributed by atoms with Gasteiger partial charge in [0, 0.05) is 12.6 Å². The Kier molecular flexibility index (Phi) is 9.68. The normalized spacial score (nSPS) is 14.3. The van der Waals surface area contributed by atoms with Crippen LogP contribution >= 0.6 is 0 Å². The number of benzene rings is 1. The van der Waals surface area contributed by atoms with Gasteiger partial charge in [-0.2, -0.15) is 4.98 Å². The Morgan fingerprint density at radius 3 is 2.34 bits per heavy atom. The van der Waals surface area contributed by atoms with Crippen LogP contribution in [0.5, 0.6) is 0 Å². The zero-order chi connectivity index (χ0) is 26.3. The lowest BCUT2D eigenvalue weighted by molar-refractivity contribution is -0.125. The van der Waals surface area contributed by atoms with Gasteiger partial charge >= 0.3 is 6.01 Å². The van der Waals surface area contributed by atoms with Gasteiger partial charge in [0.05, 0.1) is 24.8 Å². The molecule has 0 bridgehead atoms. The summed E-state index contributed by atoms with van der Waals surface area (Å²) in [7, 11) is -3.73. The minimum absolute atomic E-state index is 0.0582. The highest BCUT2D eigenvalue weighted by Gasteiger charge is 2.31. The molecule has 14 heteroatoms. The molecule has 1 aromatic carbocycles. The first kappa shape index (κ1) is 28.1. The minimum Gasteiger partial charge on any atom is -0.431 e. The van der Waals surface area contributed by atoms with Gasteiger partial charge in [-0.1, -0.05) is 13.8 Å². The molecule has 0 aliphatic carbocycles. The van der Waals surface area contributed by atoms with Gasteiger partial charge < -0.3 is 25.3 Å². The number of amides is 2. The summed E-state index contributed by atoms with van der Waals surface area (Å²) >= 11 is 0. The first-order valence-corrected chi connectivity index (χ1v) is 12.4. The molecule has 0 aliphatic rings. The molecule has 0 saturated heterocycles. The summed E-state index contributed by atoms with van der Waals surface area (Å²) in [4.78, 5) is 28.4. The van der Waals surface area contributed by atoms with Gasteiger partial charge in [0.25, 0.3) is 5.91 Å². The molecule has 194 valence electrons. The molecule has 2 amide bonds. The monoisotopic (exact) mass is 518 g/mol. The molecule has 0 radical (unpaired) electrons. The molecule has 2 rings (SSSR count). The SMILES string of the molecule is CC(C)CNC(=O)CC(O)C(O)C(Cc1cc(F)cc(F)c1)NC(=O)c1coc(NS(C)(=O)=O)n1. The van der Waals surface area contributed by atoms with E-state index >= 15 is 0 Å². The van der Waals surface area contributed by atoms with Gasteiger partial charge in [-0.05, 0) is 30.0 Å². The fourth-order valence-electron chi connectivity index (χ4n) is 3.03. The molecule has 3 atom stereocenters. The van der Waals surface area contributed by atoms with Crippen LogP contribution in [0.4, 0.5) is 14.8 Å². The highest BCUT2D eigenvalue weighted by atomic mass is 32.2. The largest absolute Gasteiger partial charge is 0.431 e. The molecule has 3 unspecified atom stereocenters. The van der Waals surface area contributed by atoms with Crippen molar-refractivity contribution in [3.05, 3.63) is 47.4 Å². The molecule has 35 heavy (non-hydrogen) atoms. The third-order valence-corrected chi connectivity index (χ3v) is 5.16. The van der Waals surface area contributed by atoms with Gasteiger partial charge in [-0.3, -0.25) is 9.59 Å². The molecule has 0 fully saturated rings. The van der Waals surface area contributed by atoms with Crippen LogP contribution < -0.4 is 15.4 Å². The lowest BCUT2D eigenvalue weighted by Crippen LogP contribution is -2.51. The number of rotatable bonds is 12. The average molecular weight is 519 g/mol. The van der Waals surface area contributed by atoms with Crippen LogP contribution in [-0.4, -0.2) is 66.5 Å². The zero-order valence-electron chi connectivity index (χ0n) is 19.3. The van der Waals surface area contributed by atoms with Gasteiger partial charge in [-0.15, -0.1) is 0 Å². The van der Waals surface area contributed by atoms with E-state index < -0.39 is 64.2 Å². The maximum absolute atomic E-state index is 13.7. The van der Waals surface area contributed by atoms with E-state index in [4.69, 9.17) is 4.42 Å². The van der Waals surface area contributed by atoms with Crippen LogP contribution in [0.15, 0.2) is 28.9 Å². The van der Waals surface area contributed by atoms with Crippen molar-refractivity contribution < 1.29 is 41.4 Å².